The molecule has 0 aliphatic carbocycles. The lowest BCUT2D eigenvalue weighted by molar-refractivity contribution is 0.166. The number of hydrogen-bond acceptors (Lipinski definition) is 6. The first-order chi connectivity index (χ1) is 17.8. The van der Waals surface area contributed by atoms with Crippen LogP contribution in [0.2, 0.25) is 0 Å². The zero-order chi connectivity index (χ0) is 26.2. The number of piperidine rings is 1. The topological polar surface area (TPSA) is 123 Å². The Bertz CT molecular complexity index is 1580. The van der Waals surface area contributed by atoms with E-state index in [4.69, 9.17) is 10.1 Å². The number of amides is 2. The summed E-state index contributed by atoms with van der Waals surface area (Å²) in [5.74, 6) is 0.409. The smallest absolute Gasteiger partial charge is 0.323 e. The van der Waals surface area contributed by atoms with Gasteiger partial charge in [-0.25, -0.2) is 14.3 Å². The fourth-order valence-corrected chi connectivity index (χ4v) is 4.69. The average molecular weight is 491 g/mol. The maximum Gasteiger partial charge on any atom is 0.323 e. The van der Waals surface area contributed by atoms with E-state index in [9.17, 15) is 15.3 Å². The van der Waals surface area contributed by atoms with Gasteiger partial charge in [-0.15, -0.1) is 0 Å². The summed E-state index contributed by atoms with van der Waals surface area (Å²) in [5.41, 5.74) is 5.64. The molecule has 2 amide bonds. The van der Waals surface area contributed by atoms with Crippen molar-refractivity contribution in [2.24, 2.45) is 5.41 Å². The van der Waals surface area contributed by atoms with Gasteiger partial charge in [0.1, 0.15) is 11.5 Å². The number of rotatable bonds is 3. The lowest BCUT2D eigenvalue weighted by Gasteiger charge is -2.34. The Morgan fingerprint density at radius 3 is 2.43 bits per heavy atom. The summed E-state index contributed by atoms with van der Waals surface area (Å²) in [7, 11) is 0. The fraction of sp³-hybridized carbons (Fsp3) is 0.286. The molecule has 1 aromatic carbocycles. The molecular weight excluding hydrogens is 464 g/mol. The van der Waals surface area contributed by atoms with E-state index < -0.39 is 0 Å². The molecule has 0 radical (unpaired) electrons. The molecule has 0 unspecified atom stereocenters. The monoisotopic (exact) mass is 490 g/mol. The Labute approximate surface area is 215 Å². The second kappa shape index (κ2) is 9.36. The minimum atomic E-state index is -0.388. The number of fused-ring (bicyclic) bond motifs is 1. The molecule has 0 atom stereocenters. The van der Waals surface area contributed by atoms with Crippen molar-refractivity contribution in [1.82, 2.24) is 24.5 Å². The predicted octanol–water partition coefficient (Wildman–Crippen LogP) is 5.10. The van der Waals surface area contributed by atoms with Crippen molar-refractivity contribution in [3.05, 3.63) is 65.6 Å². The number of likely N-dealkylation sites (tertiary alicyclic amines) is 1. The van der Waals surface area contributed by atoms with Crippen molar-refractivity contribution in [2.75, 3.05) is 18.4 Å². The van der Waals surface area contributed by atoms with Crippen LogP contribution in [0.5, 0.6) is 0 Å². The summed E-state index contributed by atoms with van der Waals surface area (Å²) in [6, 6.07) is 17.3. The highest BCUT2D eigenvalue weighted by atomic mass is 16.2. The van der Waals surface area contributed by atoms with Gasteiger partial charge >= 0.3 is 6.03 Å². The zero-order valence-corrected chi connectivity index (χ0v) is 21.0. The molecule has 1 fully saturated rings. The van der Waals surface area contributed by atoms with E-state index in [2.05, 4.69) is 22.4 Å². The molecule has 1 N–H and O–H groups in total. The first-order valence-corrected chi connectivity index (χ1v) is 12.1. The van der Waals surface area contributed by atoms with E-state index in [-0.39, 0.29) is 11.4 Å². The number of aromatic nitrogens is 4. The highest BCUT2D eigenvalue weighted by Gasteiger charge is 2.32. The van der Waals surface area contributed by atoms with Gasteiger partial charge in [-0.2, -0.15) is 15.6 Å². The third kappa shape index (κ3) is 4.72. The second-order valence-corrected chi connectivity index (χ2v) is 9.73. The van der Waals surface area contributed by atoms with Crippen LogP contribution < -0.4 is 5.32 Å². The third-order valence-corrected chi connectivity index (χ3v) is 6.78. The van der Waals surface area contributed by atoms with Crippen molar-refractivity contribution in [3.8, 4) is 34.5 Å². The van der Waals surface area contributed by atoms with E-state index in [1.807, 2.05) is 45.0 Å². The van der Waals surface area contributed by atoms with Crippen LogP contribution in [0.15, 0.2) is 48.7 Å². The van der Waals surface area contributed by atoms with Gasteiger partial charge in [0.05, 0.1) is 28.7 Å². The summed E-state index contributed by atoms with van der Waals surface area (Å²) in [6.07, 6.45) is 3.05. The van der Waals surface area contributed by atoms with Crippen LogP contribution >= 0.6 is 0 Å². The van der Waals surface area contributed by atoms with Gasteiger partial charge < -0.3 is 4.90 Å². The molecule has 1 saturated heterocycles. The molecule has 1 aliphatic heterocycles. The maximum absolute atomic E-state index is 13.0. The van der Waals surface area contributed by atoms with Crippen LogP contribution in [-0.4, -0.2) is 43.6 Å². The Hall–Kier alpha value is -4.76. The molecule has 5 rings (SSSR count). The largest absolute Gasteiger partial charge is 0.324 e. The molecule has 3 aromatic heterocycles. The molecule has 4 aromatic rings. The van der Waals surface area contributed by atoms with Gasteiger partial charge in [-0.1, -0.05) is 12.1 Å². The standard InChI is InChI=1S/C28H26N8O/c1-18-13-22(14-19(2)31-18)24-25(21-6-4-5-20(15-21)16-29)34-36-10-7-23(32-26(24)36)33-27(37)35-11-8-28(3,17-30)9-12-35/h4-7,10,13-15H,8-9,11-12H2,1-3H3,(H,32,33,37). The average Bonchev–Trinajstić information content (AvgIpc) is 3.27. The summed E-state index contributed by atoms with van der Waals surface area (Å²) < 4.78 is 1.68. The van der Waals surface area contributed by atoms with Crippen LogP contribution in [0.1, 0.15) is 36.7 Å². The number of hydrogen-bond donors (Lipinski definition) is 1. The van der Waals surface area contributed by atoms with E-state index in [1.54, 1.807) is 33.8 Å². The number of urea groups is 1. The molecule has 0 saturated carbocycles. The van der Waals surface area contributed by atoms with Crippen molar-refractivity contribution in [3.63, 3.8) is 0 Å². The molecule has 37 heavy (non-hydrogen) atoms. The SMILES string of the molecule is Cc1cc(-c2c(-c3cccc(C#N)c3)nn3ccc(NC(=O)N4CCC(C)(C#N)CC4)nc23)cc(C)n1. The van der Waals surface area contributed by atoms with Gasteiger partial charge in [0.15, 0.2) is 5.65 Å². The van der Waals surface area contributed by atoms with Gasteiger partial charge in [-0.3, -0.25) is 10.3 Å². The van der Waals surface area contributed by atoms with E-state index in [0.29, 0.717) is 48.7 Å². The Morgan fingerprint density at radius 2 is 1.76 bits per heavy atom. The van der Waals surface area contributed by atoms with Gasteiger partial charge in [-0.05, 0) is 69.5 Å². The molecule has 0 spiro atoms. The van der Waals surface area contributed by atoms with Gasteiger partial charge in [0.2, 0.25) is 0 Å². The second-order valence-electron chi connectivity index (χ2n) is 9.73. The number of nitrogens with zero attached hydrogens (tertiary/aromatic N) is 7. The number of aryl methyl sites for hydroxylation is 2. The molecule has 9 heteroatoms. The van der Waals surface area contributed by atoms with Crippen molar-refractivity contribution in [1.29, 1.82) is 10.5 Å². The summed E-state index contributed by atoms with van der Waals surface area (Å²) in [5, 5.41) is 26.5. The van der Waals surface area contributed by atoms with Crippen LogP contribution in [0, 0.1) is 41.9 Å². The lowest BCUT2D eigenvalue weighted by Crippen LogP contribution is -2.43. The molecule has 1 aliphatic rings. The zero-order valence-electron chi connectivity index (χ0n) is 21.0. The summed E-state index contributed by atoms with van der Waals surface area (Å²) >= 11 is 0. The van der Waals surface area contributed by atoms with Crippen LogP contribution in [0.25, 0.3) is 28.0 Å². The molecule has 184 valence electrons. The van der Waals surface area contributed by atoms with E-state index >= 15 is 0 Å². The van der Waals surface area contributed by atoms with Crippen LogP contribution in [0.3, 0.4) is 0 Å². The summed E-state index contributed by atoms with van der Waals surface area (Å²) in [4.78, 5) is 24.0. The van der Waals surface area contributed by atoms with Crippen molar-refractivity contribution in [2.45, 2.75) is 33.6 Å². The summed E-state index contributed by atoms with van der Waals surface area (Å²) in [6.45, 7) is 6.85. The Kier molecular flexibility index (Phi) is 6.06. The number of nitriles is 2. The quantitative estimate of drug-likeness (QED) is 0.426. The first kappa shape index (κ1) is 24.0. The number of anilines is 1. The first-order valence-electron chi connectivity index (χ1n) is 12.1. The number of carbonyl (C=O) groups is 1. The van der Waals surface area contributed by atoms with Crippen molar-refractivity contribution < 1.29 is 4.79 Å². The van der Waals surface area contributed by atoms with Crippen molar-refractivity contribution >= 4 is 17.5 Å². The Balaban J connectivity index is 1.56. The van der Waals surface area contributed by atoms with Crippen LogP contribution in [0.4, 0.5) is 10.6 Å². The number of benzene rings is 1. The Morgan fingerprint density at radius 1 is 1.03 bits per heavy atom. The highest BCUT2D eigenvalue weighted by molar-refractivity contribution is 5.93. The number of carbonyl (C=O) groups excluding carboxylic acids is 1. The molecule has 0 bridgehead atoms. The predicted molar refractivity (Wildman–Crippen MR) is 139 cm³/mol. The normalized spacial score (nSPS) is 14.7. The van der Waals surface area contributed by atoms with Gasteiger partial charge in [0.25, 0.3) is 0 Å². The molecule has 9 nitrogen and oxygen atoms in total. The number of pyridine rings is 1. The number of nitrogens with one attached hydrogen (secondary N) is 1. The highest BCUT2D eigenvalue weighted by Crippen LogP contribution is 2.36. The minimum Gasteiger partial charge on any atom is -0.324 e. The third-order valence-electron chi connectivity index (χ3n) is 6.78. The van der Waals surface area contributed by atoms with Crippen LogP contribution in [-0.2, 0) is 0 Å². The molecule has 4 heterocycles. The fourth-order valence-electron chi connectivity index (χ4n) is 4.69. The maximum atomic E-state index is 13.0. The minimum absolute atomic E-state index is 0.240. The van der Waals surface area contributed by atoms with E-state index in [1.165, 1.54) is 0 Å². The lowest BCUT2D eigenvalue weighted by atomic mass is 9.82. The van der Waals surface area contributed by atoms with E-state index in [0.717, 1.165) is 28.1 Å². The van der Waals surface area contributed by atoms with Gasteiger partial charge in [0, 0.05) is 36.2 Å². The molecular formula is C28H26N8O.